The number of nitriles is 1. The summed E-state index contributed by atoms with van der Waals surface area (Å²) in [4.78, 5) is 4.11. The van der Waals surface area contributed by atoms with Gasteiger partial charge in [-0.1, -0.05) is 0 Å². The van der Waals surface area contributed by atoms with Crippen LogP contribution in [0.2, 0.25) is 0 Å². The van der Waals surface area contributed by atoms with E-state index in [9.17, 15) is 0 Å². The fourth-order valence-electron chi connectivity index (χ4n) is 1.87. The summed E-state index contributed by atoms with van der Waals surface area (Å²) < 4.78 is 11.0. The second kappa shape index (κ2) is 6.94. The summed E-state index contributed by atoms with van der Waals surface area (Å²) in [6, 6.07) is 5.58. The molecule has 1 aliphatic heterocycles. The lowest BCUT2D eigenvalue weighted by atomic mass is 10.2. The van der Waals surface area contributed by atoms with Gasteiger partial charge in [-0.05, 0) is 25.0 Å². The van der Waals surface area contributed by atoms with Crippen molar-refractivity contribution in [2.45, 2.75) is 18.9 Å². The molecule has 0 spiro atoms. The highest BCUT2D eigenvalue weighted by molar-refractivity contribution is 5.50. The van der Waals surface area contributed by atoms with E-state index in [4.69, 9.17) is 14.7 Å². The molecule has 1 fully saturated rings. The first-order valence-corrected chi connectivity index (χ1v) is 6.18. The van der Waals surface area contributed by atoms with E-state index in [1.807, 2.05) is 0 Å². The first-order valence-electron chi connectivity index (χ1n) is 6.18. The van der Waals surface area contributed by atoms with Crippen LogP contribution in [-0.4, -0.2) is 37.5 Å². The highest BCUT2D eigenvalue weighted by atomic mass is 16.5. The number of ether oxygens (including phenoxy) is 2. The standard InChI is InChI=1S/C13H17N3O2/c14-9-11-3-1-5-15-13(11)16-6-8-17-10-12-4-2-7-18-12/h1,3,5,12H,2,4,6-8,10H2,(H,15,16). The van der Waals surface area contributed by atoms with Crippen molar-refractivity contribution in [2.75, 3.05) is 31.7 Å². The molecular formula is C13H17N3O2. The molecule has 0 bridgehead atoms. The monoisotopic (exact) mass is 247 g/mol. The molecule has 0 aromatic carbocycles. The Hall–Kier alpha value is -1.64. The summed E-state index contributed by atoms with van der Waals surface area (Å²) in [7, 11) is 0. The quantitative estimate of drug-likeness (QED) is 0.773. The molecule has 5 heteroatoms. The molecule has 0 amide bonds. The van der Waals surface area contributed by atoms with Gasteiger partial charge in [-0.25, -0.2) is 4.98 Å². The number of nitrogens with zero attached hydrogens (tertiary/aromatic N) is 2. The van der Waals surface area contributed by atoms with E-state index in [1.54, 1.807) is 18.3 Å². The van der Waals surface area contributed by atoms with Crippen LogP contribution in [-0.2, 0) is 9.47 Å². The second-order valence-electron chi connectivity index (χ2n) is 4.15. The van der Waals surface area contributed by atoms with Crippen LogP contribution in [0.3, 0.4) is 0 Å². The molecule has 1 atom stereocenters. The lowest BCUT2D eigenvalue weighted by Crippen LogP contribution is -2.18. The van der Waals surface area contributed by atoms with E-state index >= 15 is 0 Å². The SMILES string of the molecule is N#Cc1cccnc1NCCOCC1CCCO1. The van der Waals surface area contributed by atoms with E-state index in [0.29, 0.717) is 31.1 Å². The highest BCUT2D eigenvalue weighted by Gasteiger charge is 2.14. The molecule has 96 valence electrons. The van der Waals surface area contributed by atoms with E-state index in [2.05, 4.69) is 16.4 Å². The van der Waals surface area contributed by atoms with E-state index in [0.717, 1.165) is 19.4 Å². The van der Waals surface area contributed by atoms with Crippen molar-refractivity contribution in [3.05, 3.63) is 23.9 Å². The first-order chi connectivity index (χ1) is 8.90. The van der Waals surface area contributed by atoms with Crippen LogP contribution >= 0.6 is 0 Å². The Balaban J connectivity index is 1.64. The van der Waals surface area contributed by atoms with Crippen molar-refractivity contribution in [1.29, 1.82) is 5.26 Å². The Kier molecular flexibility index (Phi) is 4.94. The van der Waals surface area contributed by atoms with Gasteiger partial charge in [0.1, 0.15) is 11.9 Å². The van der Waals surface area contributed by atoms with E-state index in [1.165, 1.54) is 0 Å². The average molecular weight is 247 g/mol. The number of pyridine rings is 1. The molecule has 1 N–H and O–H groups in total. The second-order valence-corrected chi connectivity index (χ2v) is 4.15. The largest absolute Gasteiger partial charge is 0.377 e. The number of hydrogen-bond acceptors (Lipinski definition) is 5. The van der Waals surface area contributed by atoms with Gasteiger partial charge in [0.25, 0.3) is 0 Å². The molecule has 1 aliphatic rings. The molecule has 2 rings (SSSR count). The van der Waals surface area contributed by atoms with Crippen LogP contribution in [0, 0.1) is 11.3 Å². The zero-order valence-corrected chi connectivity index (χ0v) is 10.3. The number of nitrogens with one attached hydrogen (secondary N) is 1. The van der Waals surface area contributed by atoms with Gasteiger partial charge in [0.15, 0.2) is 0 Å². The zero-order valence-electron chi connectivity index (χ0n) is 10.3. The van der Waals surface area contributed by atoms with Crippen LogP contribution in [0.5, 0.6) is 0 Å². The minimum Gasteiger partial charge on any atom is -0.377 e. The molecule has 1 aromatic heterocycles. The zero-order chi connectivity index (χ0) is 12.6. The van der Waals surface area contributed by atoms with Gasteiger partial charge in [0, 0.05) is 19.3 Å². The number of anilines is 1. The Bertz CT molecular complexity index is 411. The summed E-state index contributed by atoms with van der Waals surface area (Å²) in [6.07, 6.45) is 4.14. The molecule has 5 nitrogen and oxygen atoms in total. The fraction of sp³-hybridized carbons (Fsp3) is 0.538. The highest BCUT2D eigenvalue weighted by Crippen LogP contribution is 2.12. The van der Waals surface area contributed by atoms with Gasteiger partial charge in [0.05, 0.1) is 24.9 Å². The molecular weight excluding hydrogens is 230 g/mol. The van der Waals surface area contributed by atoms with Crippen LogP contribution in [0.15, 0.2) is 18.3 Å². The van der Waals surface area contributed by atoms with Crippen molar-refractivity contribution >= 4 is 5.82 Å². The summed E-state index contributed by atoms with van der Waals surface area (Å²) in [5.41, 5.74) is 0.552. The van der Waals surface area contributed by atoms with E-state index < -0.39 is 0 Å². The predicted octanol–water partition coefficient (Wildman–Crippen LogP) is 1.56. The molecule has 18 heavy (non-hydrogen) atoms. The van der Waals surface area contributed by atoms with Crippen LogP contribution < -0.4 is 5.32 Å². The predicted molar refractivity (Wildman–Crippen MR) is 67.2 cm³/mol. The summed E-state index contributed by atoms with van der Waals surface area (Å²) in [5.74, 6) is 0.612. The Morgan fingerprint density at radius 1 is 1.61 bits per heavy atom. The third kappa shape index (κ3) is 3.69. The van der Waals surface area contributed by atoms with Gasteiger partial charge in [-0.15, -0.1) is 0 Å². The van der Waals surface area contributed by atoms with Gasteiger partial charge in [0.2, 0.25) is 0 Å². The first kappa shape index (κ1) is 12.8. The molecule has 1 unspecified atom stereocenters. The van der Waals surface area contributed by atoms with Crippen molar-refractivity contribution in [3.63, 3.8) is 0 Å². The Labute approximate surface area is 107 Å². The smallest absolute Gasteiger partial charge is 0.143 e. The molecule has 0 saturated carbocycles. The average Bonchev–Trinajstić information content (AvgIpc) is 2.92. The topological polar surface area (TPSA) is 67.2 Å². The third-order valence-electron chi connectivity index (χ3n) is 2.79. The fourth-order valence-corrected chi connectivity index (χ4v) is 1.87. The molecule has 0 radical (unpaired) electrons. The van der Waals surface area contributed by atoms with E-state index in [-0.39, 0.29) is 6.10 Å². The van der Waals surface area contributed by atoms with Gasteiger partial charge in [-0.3, -0.25) is 0 Å². The lowest BCUT2D eigenvalue weighted by molar-refractivity contribution is 0.0206. The Morgan fingerprint density at radius 2 is 2.56 bits per heavy atom. The molecule has 1 saturated heterocycles. The maximum Gasteiger partial charge on any atom is 0.143 e. The number of aromatic nitrogens is 1. The van der Waals surface area contributed by atoms with Crippen LogP contribution in [0.1, 0.15) is 18.4 Å². The normalized spacial score (nSPS) is 18.5. The summed E-state index contributed by atoms with van der Waals surface area (Å²) >= 11 is 0. The molecule has 0 aliphatic carbocycles. The van der Waals surface area contributed by atoms with Gasteiger partial charge >= 0.3 is 0 Å². The summed E-state index contributed by atoms with van der Waals surface area (Å²) in [5, 5.41) is 12.0. The Morgan fingerprint density at radius 3 is 3.33 bits per heavy atom. The summed E-state index contributed by atoms with van der Waals surface area (Å²) in [6.45, 7) is 2.72. The lowest BCUT2D eigenvalue weighted by Gasteiger charge is -2.11. The van der Waals surface area contributed by atoms with Crippen molar-refractivity contribution in [1.82, 2.24) is 4.98 Å². The maximum atomic E-state index is 8.89. The minimum absolute atomic E-state index is 0.259. The van der Waals surface area contributed by atoms with Crippen molar-refractivity contribution < 1.29 is 9.47 Å². The maximum absolute atomic E-state index is 8.89. The third-order valence-corrected chi connectivity index (χ3v) is 2.79. The minimum atomic E-state index is 0.259. The van der Waals surface area contributed by atoms with Crippen molar-refractivity contribution in [2.24, 2.45) is 0 Å². The molecule has 2 heterocycles. The van der Waals surface area contributed by atoms with Crippen LogP contribution in [0.25, 0.3) is 0 Å². The van der Waals surface area contributed by atoms with Crippen molar-refractivity contribution in [3.8, 4) is 6.07 Å². The molecule has 1 aromatic rings. The number of hydrogen-bond donors (Lipinski definition) is 1. The van der Waals surface area contributed by atoms with Gasteiger partial charge < -0.3 is 14.8 Å². The van der Waals surface area contributed by atoms with Gasteiger partial charge in [-0.2, -0.15) is 5.26 Å². The van der Waals surface area contributed by atoms with Crippen LogP contribution in [0.4, 0.5) is 5.82 Å². The number of rotatable bonds is 6.